The van der Waals surface area contributed by atoms with Crippen LogP contribution in [0.25, 0.3) is 0 Å². The van der Waals surface area contributed by atoms with Gasteiger partial charge in [-0.2, -0.15) is 17.4 Å². The molecule has 2 aromatic carbocycles. The number of carbonyl (C=O) groups excluding carboxylic acids is 1. The number of aliphatic carboxylic acids is 1. The Balaban J connectivity index is 1.35. The van der Waals surface area contributed by atoms with E-state index >= 15 is 0 Å². The highest BCUT2D eigenvalue weighted by atomic mass is 32.2. The van der Waals surface area contributed by atoms with Crippen LogP contribution in [-0.2, 0) is 21.5 Å². The van der Waals surface area contributed by atoms with E-state index in [1.807, 2.05) is 46.7 Å². The molecule has 0 spiro atoms. The van der Waals surface area contributed by atoms with E-state index in [1.165, 1.54) is 33.8 Å². The zero-order chi connectivity index (χ0) is 29.6. The largest absolute Gasteiger partial charge is 0.480 e. The van der Waals surface area contributed by atoms with Gasteiger partial charge in [0.15, 0.2) is 0 Å². The van der Waals surface area contributed by atoms with Crippen molar-refractivity contribution in [3.63, 3.8) is 0 Å². The average Bonchev–Trinajstić information content (AvgIpc) is 3.48. The molecule has 1 fully saturated rings. The lowest BCUT2D eigenvalue weighted by Crippen LogP contribution is -2.55. The first-order valence-corrected chi connectivity index (χ1v) is 15.3. The predicted molar refractivity (Wildman–Crippen MR) is 156 cm³/mol. The molecule has 3 N–H and O–H groups in total. The maximum absolute atomic E-state index is 14.3. The summed E-state index contributed by atoms with van der Waals surface area (Å²) in [6.45, 7) is 4.94. The molecule has 41 heavy (non-hydrogen) atoms. The number of thiophene rings is 1. The molecular formula is C29H31FN4O5S2. The van der Waals surface area contributed by atoms with Crippen LogP contribution in [0.15, 0.2) is 60.0 Å². The van der Waals surface area contributed by atoms with Gasteiger partial charge in [0.05, 0.1) is 12.1 Å². The minimum Gasteiger partial charge on any atom is -0.480 e. The molecule has 0 bridgehead atoms. The van der Waals surface area contributed by atoms with Crippen molar-refractivity contribution in [1.29, 1.82) is 0 Å². The summed E-state index contributed by atoms with van der Waals surface area (Å²) in [5.74, 6) is 3.28. The quantitative estimate of drug-likeness (QED) is 0.326. The molecule has 216 valence electrons. The lowest BCUT2D eigenvalue weighted by atomic mass is 10.1. The van der Waals surface area contributed by atoms with Crippen molar-refractivity contribution in [2.24, 2.45) is 5.92 Å². The first-order valence-electron chi connectivity index (χ1n) is 13.0. The maximum Gasteiger partial charge on any atom is 0.322 e. The van der Waals surface area contributed by atoms with Crippen molar-refractivity contribution in [1.82, 2.24) is 14.3 Å². The van der Waals surface area contributed by atoms with Crippen LogP contribution in [0, 0.1) is 23.6 Å². The minimum absolute atomic E-state index is 0.0669. The first kappa shape index (κ1) is 30.2. The molecule has 1 saturated heterocycles. The summed E-state index contributed by atoms with van der Waals surface area (Å²) in [5.41, 5.74) is 2.06. The number of benzene rings is 2. The van der Waals surface area contributed by atoms with Crippen molar-refractivity contribution in [3.05, 3.63) is 87.4 Å². The van der Waals surface area contributed by atoms with Gasteiger partial charge in [-0.05, 0) is 59.8 Å². The molecule has 3 aromatic rings. The highest BCUT2D eigenvalue weighted by Crippen LogP contribution is 2.19. The fourth-order valence-electron chi connectivity index (χ4n) is 4.25. The van der Waals surface area contributed by atoms with Crippen molar-refractivity contribution >= 4 is 39.1 Å². The van der Waals surface area contributed by atoms with E-state index in [0.717, 1.165) is 16.1 Å². The number of carbonyl (C=O) groups is 2. The number of carboxylic acids is 1. The summed E-state index contributed by atoms with van der Waals surface area (Å²) >= 11 is 1.51. The summed E-state index contributed by atoms with van der Waals surface area (Å²) in [6.07, 6.45) is 0. The first-order chi connectivity index (χ1) is 19.5. The highest BCUT2D eigenvalue weighted by molar-refractivity contribution is 7.87. The van der Waals surface area contributed by atoms with Gasteiger partial charge in [-0.1, -0.05) is 31.8 Å². The van der Waals surface area contributed by atoms with Gasteiger partial charge in [0.1, 0.15) is 11.9 Å². The Kier molecular flexibility index (Phi) is 9.77. The van der Waals surface area contributed by atoms with E-state index in [9.17, 15) is 27.5 Å². The Bertz CT molecular complexity index is 1540. The van der Waals surface area contributed by atoms with E-state index in [0.29, 0.717) is 25.2 Å². The van der Waals surface area contributed by atoms with Crippen LogP contribution in [-0.4, -0.2) is 61.9 Å². The van der Waals surface area contributed by atoms with Crippen LogP contribution in [0.2, 0.25) is 0 Å². The molecule has 9 nitrogen and oxygen atoms in total. The molecule has 12 heteroatoms. The second-order valence-electron chi connectivity index (χ2n) is 9.82. The molecule has 4 rings (SSSR count). The average molecular weight is 599 g/mol. The number of nitrogens with zero attached hydrogens (tertiary/aromatic N) is 2. The minimum atomic E-state index is -3.93. The van der Waals surface area contributed by atoms with Crippen LogP contribution in [0.3, 0.4) is 0 Å². The number of anilines is 1. The molecule has 1 aliphatic rings. The van der Waals surface area contributed by atoms with Gasteiger partial charge in [-0.3, -0.25) is 9.59 Å². The number of hydrogen-bond donors (Lipinski definition) is 3. The number of piperazine rings is 1. The summed E-state index contributed by atoms with van der Waals surface area (Å²) in [7, 11) is -3.93. The molecule has 0 aliphatic carbocycles. The Hall–Kier alpha value is -3.76. The summed E-state index contributed by atoms with van der Waals surface area (Å²) in [5, 5.41) is 14.0. The lowest BCUT2D eigenvalue weighted by Gasteiger charge is -2.36. The Morgan fingerprint density at radius 1 is 1.02 bits per heavy atom. The van der Waals surface area contributed by atoms with Gasteiger partial charge >= 0.3 is 5.97 Å². The molecule has 1 aliphatic heterocycles. The van der Waals surface area contributed by atoms with Gasteiger partial charge < -0.3 is 15.3 Å². The number of halogens is 1. The smallest absolute Gasteiger partial charge is 0.322 e. The fraction of sp³-hybridized carbons (Fsp3) is 0.310. The topological polar surface area (TPSA) is 119 Å². The van der Waals surface area contributed by atoms with Crippen LogP contribution < -0.4 is 14.9 Å². The molecule has 0 saturated carbocycles. The zero-order valence-electron chi connectivity index (χ0n) is 22.6. The summed E-state index contributed by atoms with van der Waals surface area (Å²) < 4.78 is 43.3. The number of rotatable bonds is 9. The maximum atomic E-state index is 14.3. The second kappa shape index (κ2) is 13.3. The predicted octanol–water partition coefficient (Wildman–Crippen LogP) is 3.28. The Morgan fingerprint density at radius 2 is 1.68 bits per heavy atom. The van der Waals surface area contributed by atoms with E-state index < -0.39 is 39.9 Å². The van der Waals surface area contributed by atoms with Gasteiger partial charge in [0, 0.05) is 47.9 Å². The number of hydrogen-bond acceptors (Lipinski definition) is 6. The lowest BCUT2D eigenvalue weighted by molar-refractivity contribution is -0.140. The zero-order valence-corrected chi connectivity index (χ0v) is 24.3. The third-order valence-electron chi connectivity index (χ3n) is 6.59. The van der Waals surface area contributed by atoms with Gasteiger partial charge in [-0.15, -0.1) is 11.3 Å². The van der Waals surface area contributed by atoms with Crippen LogP contribution >= 0.6 is 11.3 Å². The van der Waals surface area contributed by atoms with E-state index in [4.69, 9.17) is 0 Å². The van der Waals surface area contributed by atoms with Gasteiger partial charge in [-0.25, -0.2) is 4.39 Å². The van der Waals surface area contributed by atoms with E-state index in [1.54, 1.807) is 13.8 Å². The third kappa shape index (κ3) is 7.92. The highest BCUT2D eigenvalue weighted by Gasteiger charge is 2.33. The molecule has 0 unspecified atom stereocenters. The van der Waals surface area contributed by atoms with Crippen LogP contribution in [0.5, 0.6) is 0 Å². The summed E-state index contributed by atoms with van der Waals surface area (Å²) in [4.78, 5) is 26.9. The molecule has 2 heterocycles. The number of nitrogens with one attached hydrogen (secondary N) is 2. The van der Waals surface area contributed by atoms with Crippen molar-refractivity contribution in [2.75, 3.05) is 31.1 Å². The van der Waals surface area contributed by atoms with Crippen LogP contribution in [0.1, 0.15) is 40.2 Å². The molecule has 0 radical (unpaired) electrons. The number of amides is 1. The van der Waals surface area contributed by atoms with E-state index in [-0.39, 0.29) is 18.7 Å². The summed E-state index contributed by atoms with van der Waals surface area (Å²) in [6, 6.07) is 14.2. The molecular weight excluding hydrogens is 567 g/mol. The normalized spacial score (nSPS) is 14.8. The van der Waals surface area contributed by atoms with Gasteiger partial charge in [0.2, 0.25) is 0 Å². The Morgan fingerprint density at radius 3 is 2.29 bits per heavy atom. The standard InChI is InChI=1S/C29H31FN4O5S2/c1-20(2)27(29(36)37)32-41(38,39)34-15-13-33(14-16-34)23-10-7-21(8-11-23)5-6-22-9-12-26(30)25(18-22)28(35)31-19-24-4-3-17-40-24/h3-4,7-12,17-18,20,27,32H,13-16,19H2,1-2H3,(H,31,35)(H,36,37)/t27-/m1/s1. The van der Waals surface area contributed by atoms with Gasteiger partial charge in [0.25, 0.3) is 16.1 Å². The molecule has 1 atom stereocenters. The Labute approximate surface area is 243 Å². The fourth-order valence-corrected chi connectivity index (χ4v) is 6.38. The third-order valence-corrected chi connectivity index (χ3v) is 9.06. The molecule has 1 aromatic heterocycles. The SMILES string of the molecule is CC(C)[C@@H](NS(=O)(=O)N1CCN(c2ccc(C#Cc3ccc(F)c(C(=O)NCc4cccs4)c3)cc2)CC1)C(=O)O. The van der Waals surface area contributed by atoms with Crippen molar-refractivity contribution < 1.29 is 27.5 Å². The monoisotopic (exact) mass is 598 g/mol. The van der Waals surface area contributed by atoms with Crippen LogP contribution in [0.4, 0.5) is 10.1 Å². The second-order valence-corrected chi connectivity index (χ2v) is 12.6. The van der Waals surface area contributed by atoms with Crippen molar-refractivity contribution in [2.45, 2.75) is 26.4 Å². The van der Waals surface area contributed by atoms with E-state index in [2.05, 4.69) is 21.9 Å². The molecule has 1 amide bonds. The van der Waals surface area contributed by atoms with Crippen molar-refractivity contribution in [3.8, 4) is 11.8 Å². The number of carboxylic acid groups (broad SMARTS) is 1.